The Hall–Kier alpha value is -1.43. The van der Waals surface area contributed by atoms with Crippen LogP contribution in [0.1, 0.15) is 13.8 Å². The average Bonchev–Trinajstić information content (AvgIpc) is 1.88. The number of carboxylic acids is 2. The molecule has 0 aliphatic rings. The zero-order chi connectivity index (χ0) is 10.3. The average molecular weight is 177 g/mol. The van der Waals surface area contributed by atoms with Gasteiger partial charge in [-0.15, -0.1) is 0 Å². The van der Waals surface area contributed by atoms with Crippen LogP contribution in [0, 0.1) is 0 Å². The number of Topliss-reactive ketones (excluding diaryl/α,β-unsaturated/α-hetero) is 1. The highest BCUT2D eigenvalue weighted by Gasteiger charge is 1.99. The summed E-state index contributed by atoms with van der Waals surface area (Å²) in [6, 6.07) is -0.731. The van der Waals surface area contributed by atoms with Crippen LogP contribution in [0.15, 0.2) is 0 Å². The number of hydrogen-bond acceptors (Lipinski definition) is 4. The molecule has 0 spiro atoms. The molecule has 0 heterocycles. The first-order valence-corrected chi connectivity index (χ1v) is 3.01. The summed E-state index contributed by atoms with van der Waals surface area (Å²) in [4.78, 5) is 28.5. The normalized spacial score (nSPS) is 10.6. The molecule has 6 heteroatoms. The Balaban J connectivity index is 0. The van der Waals surface area contributed by atoms with Gasteiger partial charge in [-0.2, -0.15) is 0 Å². The lowest BCUT2D eigenvalue weighted by molar-refractivity contribution is -0.148. The Bertz CT molecular complexity index is 174. The van der Waals surface area contributed by atoms with Gasteiger partial charge in [0.1, 0.15) is 6.04 Å². The Morgan fingerprint density at radius 2 is 1.42 bits per heavy atom. The van der Waals surface area contributed by atoms with Crippen LogP contribution in [0.3, 0.4) is 0 Å². The van der Waals surface area contributed by atoms with Crippen molar-refractivity contribution in [2.45, 2.75) is 19.9 Å². The summed E-state index contributed by atoms with van der Waals surface area (Å²) in [6.45, 7) is 2.42. The quantitative estimate of drug-likeness (QED) is 0.469. The molecule has 0 aliphatic carbocycles. The van der Waals surface area contributed by atoms with Gasteiger partial charge in [-0.3, -0.25) is 9.59 Å². The summed E-state index contributed by atoms with van der Waals surface area (Å²) in [6.07, 6.45) is 0. The molecule has 0 bridgehead atoms. The third-order valence-electron chi connectivity index (χ3n) is 0.691. The highest BCUT2D eigenvalue weighted by molar-refractivity contribution is 6.31. The molecule has 1 unspecified atom stereocenters. The molecule has 6 nitrogen and oxygen atoms in total. The van der Waals surface area contributed by atoms with Crippen LogP contribution in [-0.2, 0) is 14.4 Å². The molecule has 0 rings (SSSR count). The molecule has 4 N–H and O–H groups in total. The van der Waals surface area contributed by atoms with E-state index < -0.39 is 23.8 Å². The monoisotopic (exact) mass is 177 g/mol. The second kappa shape index (κ2) is 6.29. The lowest BCUT2D eigenvalue weighted by Gasteiger charge is -1.90. The van der Waals surface area contributed by atoms with E-state index in [2.05, 4.69) is 0 Å². The summed E-state index contributed by atoms with van der Waals surface area (Å²) in [7, 11) is 0. The van der Waals surface area contributed by atoms with Crippen molar-refractivity contribution in [3.05, 3.63) is 0 Å². The minimum Gasteiger partial charge on any atom is -0.480 e. The minimum absolute atomic E-state index is 0.731. The molecule has 0 amide bonds. The molecule has 0 aromatic rings. The largest absolute Gasteiger partial charge is 0.480 e. The molecule has 0 saturated carbocycles. The smallest absolute Gasteiger partial charge is 0.371 e. The molecule has 0 saturated heterocycles. The summed E-state index contributed by atoms with van der Waals surface area (Å²) in [5, 5.41) is 15.5. The number of carbonyl (C=O) groups is 3. The van der Waals surface area contributed by atoms with E-state index in [-0.39, 0.29) is 0 Å². The van der Waals surface area contributed by atoms with Crippen molar-refractivity contribution >= 4 is 17.7 Å². The van der Waals surface area contributed by atoms with Crippen molar-refractivity contribution in [3.8, 4) is 0 Å². The van der Waals surface area contributed by atoms with Gasteiger partial charge in [0, 0.05) is 6.92 Å². The van der Waals surface area contributed by atoms with Crippen LogP contribution < -0.4 is 5.73 Å². The van der Waals surface area contributed by atoms with Crippen LogP contribution >= 0.6 is 0 Å². The summed E-state index contributed by atoms with van der Waals surface area (Å²) < 4.78 is 0. The van der Waals surface area contributed by atoms with E-state index >= 15 is 0 Å². The van der Waals surface area contributed by atoms with Crippen molar-refractivity contribution in [3.63, 3.8) is 0 Å². The Morgan fingerprint density at radius 3 is 1.42 bits per heavy atom. The van der Waals surface area contributed by atoms with Gasteiger partial charge >= 0.3 is 11.9 Å². The summed E-state index contributed by atoms with van der Waals surface area (Å²) in [5.41, 5.74) is 4.84. The van der Waals surface area contributed by atoms with E-state index in [9.17, 15) is 14.4 Å². The number of hydrogen-bond donors (Lipinski definition) is 3. The predicted octanol–water partition coefficient (Wildman–Crippen LogP) is -0.922. The third-order valence-corrected chi connectivity index (χ3v) is 0.691. The molecular weight excluding hydrogens is 166 g/mol. The zero-order valence-corrected chi connectivity index (χ0v) is 6.77. The molecular formula is C6H11NO5. The van der Waals surface area contributed by atoms with Gasteiger partial charge in [-0.25, -0.2) is 4.79 Å². The number of carboxylic acid groups (broad SMARTS) is 2. The Kier molecular flexibility index (Phi) is 6.91. The fourth-order valence-electron chi connectivity index (χ4n) is 0. The first-order chi connectivity index (χ1) is 5.29. The van der Waals surface area contributed by atoms with Gasteiger partial charge in [-0.05, 0) is 6.92 Å². The SMILES string of the molecule is CC(=O)C(=O)O.CC(N)C(=O)O. The topological polar surface area (TPSA) is 118 Å². The van der Waals surface area contributed by atoms with E-state index in [4.69, 9.17) is 15.9 Å². The lowest BCUT2D eigenvalue weighted by atomic mass is 10.4. The molecule has 0 aromatic carbocycles. The van der Waals surface area contributed by atoms with E-state index in [1.54, 1.807) is 0 Å². The second-order valence-corrected chi connectivity index (χ2v) is 1.99. The fourth-order valence-corrected chi connectivity index (χ4v) is 0. The first kappa shape index (κ1) is 13.2. The number of aliphatic carboxylic acids is 2. The van der Waals surface area contributed by atoms with Crippen LogP contribution in [0.25, 0.3) is 0 Å². The maximum atomic E-state index is 9.57. The van der Waals surface area contributed by atoms with E-state index in [0.29, 0.717) is 0 Å². The van der Waals surface area contributed by atoms with Gasteiger partial charge in [0.25, 0.3) is 0 Å². The van der Waals surface area contributed by atoms with Crippen molar-refractivity contribution in [2.75, 3.05) is 0 Å². The fraction of sp³-hybridized carbons (Fsp3) is 0.500. The first-order valence-electron chi connectivity index (χ1n) is 3.01. The highest BCUT2D eigenvalue weighted by Crippen LogP contribution is 1.68. The van der Waals surface area contributed by atoms with Crippen molar-refractivity contribution in [1.29, 1.82) is 0 Å². The van der Waals surface area contributed by atoms with Crippen LogP contribution in [-0.4, -0.2) is 34.0 Å². The van der Waals surface area contributed by atoms with Gasteiger partial charge in [0.2, 0.25) is 5.78 Å². The number of rotatable bonds is 2. The zero-order valence-electron chi connectivity index (χ0n) is 6.77. The van der Waals surface area contributed by atoms with E-state index in [1.807, 2.05) is 0 Å². The van der Waals surface area contributed by atoms with Gasteiger partial charge in [-0.1, -0.05) is 0 Å². The molecule has 0 aliphatic heterocycles. The number of carbonyl (C=O) groups excluding carboxylic acids is 1. The molecule has 1 atom stereocenters. The molecule has 12 heavy (non-hydrogen) atoms. The van der Waals surface area contributed by atoms with E-state index in [0.717, 1.165) is 6.92 Å². The van der Waals surface area contributed by atoms with E-state index in [1.165, 1.54) is 6.92 Å². The minimum atomic E-state index is -1.38. The Morgan fingerprint density at radius 1 is 1.25 bits per heavy atom. The standard InChI is InChI=1S/C3H7NO2.C3H4O3/c2*1-2(4)3(5)6/h2H,4H2,1H3,(H,5,6);1H3,(H,5,6). The number of ketones is 1. The van der Waals surface area contributed by atoms with Crippen molar-refractivity contribution < 1.29 is 24.6 Å². The Labute approximate surface area is 69.0 Å². The predicted molar refractivity (Wildman–Crippen MR) is 39.6 cm³/mol. The molecule has 0 fully saturated rings. The van der Waals surface area contributed by atoms with Crippen molar-refractivity contribution in [2.24, 2.45) is 5.73 Å². The lowest BCUT2D eigenvalue weighted by Crippen LogP contribution is -2.25. The molecule has 70 valence electrons. The second-order valence-electron chi connectivity index (χ2n) is 1.99. The number of nitrogens with two attached hydrogens (primary N) is 1. The summed E-state index contributed by atoms with van der Waals surface area (Å²) in [5.74, 6) is -3.17. The summed E-state index contributed by atoms with van der Waals surface area (Å²) >= 11 is 0. The molecule has 0 aromatic heterocycles. The van der Waals surface area contributed by atoms with Gasteiger partial charge in [0.15, 0.2) is 0 Å². The van der Waals surface area contributed by atoms with Crippen LogP contribution in [0.5, 0.6) is 0 Å². The van der Waals surface area contributed by atoms with Gasteiger partial charge < -0.3 is 15.9 Å². The maximum absolute atomic E-state index is 9.57. The van der Waals surface area contributed by atoms with Crippen LogP contribution in [0.4, 0.5) is 0 Å². The van der Waals surface area contributed by atoms with Crippen LogP contribution in [0.2, 0.25) is 0 Å². The maximum Gasteiger partial charge on any atom is 0.371 e. The molecule has 0 radical (unpaired) electrons. The van der Waals surface area contributed by atoms with Crippen molar-refractivity contribution in [1.82, 2.24) is 0 Å². The highest BCUT2D eigenvalue weighted by atomic mass is 16.4. The third kappa shape index (κ3) is 11.4. The van der Waals surface area contributed by atoms with Gasteiger partial charge in [0.05, 0.1) is 0 Å².